The van der Waals surface area contributed by atoms with E-state index in [4.69, 9.17) is 5.73 Å². The molecule has 0 bridgehead atoms. The molecule has 0 radical (unpaired) electrons. The molecule has 17 heavy (non-hydrogen) atoms. The number of hydrogen-bond acceptors (Lipinski definition) is 3. The molecule has 4 heteroatoms. The Balaban J connectivity index is 2.75. The fraction of sp³-hybridized carbons (Fsp3) is 0.538. The van der Waals surface area contributed by atoms with Gasteiger partial charge in [0.15, 0.2) is 0 Å². The molecule has 1 aromatic rings. The first-order valence-corrected chi connectivity index (χ1v) is 5.87. The molecule has 0 aliphatic heterocycles. The minimum atomic E-state index is 0.00986. The lowest BCUT2D eigenvalue weighted by molar-refractivity contribution is 0.0790. The Bertz CT molecular complexity index is 402. The van der Waals surface area contributed by atoms with E-state index in [1.807, 2.05) is 32.9 Å². The summed E-state index contributed by atoms with van der Waals surface area (Å²) in [6, 6.07) is 3.81. The molecule has 1 amide bonds. The Morgan fingerprint density at radius 3 is 2.65 bits per heavy atom. The minimum Gasteiger partial charge on any atom is -0.342 e. The molecule has 0 saturated carbocycles. The van der Waals surface area contributed by atoms with Crippen molar-refractivity contribution in [3.63, 3.8) is 0 Å². The Labute approximate surface area is 103 Å². The van der Waals surface area contributed by atoms with E-state index in [1.54, 1.807) is 11.9 Å². The highest BCUT2D eigenvalue weighted by Crippen LogP contribution is 2.09. The van der Waals surface area contributed by atoms with Crippen molar-refractivity contribution in [3.8, 4) is 0 Å². The highest BCUT2D eigenvalue weighted by molar-refractivity contribution is 5.95. The highest BCUT2D eigenvalue weighted by Gasteiger charge is 2.14. The van der Waals surface area contributed by atoms with Crippen LogP contribution in [0.3, 0.4) is 0 Å². The van der Waals surface area contributed by atoms with E-state index >= 15 is 0 Å². The monoisotopic (exact) mass is 235 g/mol. The van der Waals surface area contributed by atoms with Crippen LogP contribution < -0.4 is 5.73 Å². The van der Waals surface area contributed by atoms with Crippen molar-refractivity contribution < 1.29 is 4.79 Å². The molecular weight excluding hydrogens is 214 g/mol. The van der Waals surface area contributed by atoms with E-state index in [2.05, 4.69) is 4.98 Å². The summed E-state index contributed by atoms with van der Waals surface area (Å²) in [5, 5.41) is 0. The molecule has 0 spiro atoms. The Morgan fingerprint density at radius 1 is 1.47 bits per heavy atom. The van der Waals surface area contributed by atoms with Crippen LogP contribution in [0.15, 0.2) is 12.1 Å². The number of carbonyl (C=O) groups excluding carboxylic acids is 1. The number of aryl methyl sites for hydroxylation is 2. The number of hydrogen-bond donors (Lipinski definition) is 1. The fourth-order valence-corrected chi connectivity index (χ4v) is 1.62. The number of carbonyl (C=O) groups is 1. The third kappa shape index (κ3) is 3.82. The lowest BCUT2D eigenvalue weighted by Crippen LogP contribution is -2.31. The van der Waals surface area contributed by atoms with Gasteiger partial charge in [-0.1, -0.05) is 0 Å². The maximum atomic E-state index is 12.1. The lowest BCUT2D eigenvalue weighted by Gasteiger charge is -2.19. The summed E-state index contributed by atoms with van der Waals surface area (Å²) in [4.78, 5) is 18.1. The first kappa shape index (κ1) is 13.6. The van der Waals surface area contributed by atoms with E-state index in [0.717, 1.165) is 17.8 Å². The summed E-state index contributed by atoms with van der Waals surface area (Å²) in [5.41, 5.74) is 8.06. The van der Waals surface area contributed by atoms with Crippen molar-refractivity contribution in [2.24, 2.45) is 5.73 Å². The molecule has 4 nitrogen and oxygen atoms in total. The van der Waals surface area contributed by atoms with Gasteiger partial charge in [0.25, 0.3) is 5.91 Å². The summed E-state index contributed by atoms with van der Waals surface area (Å²) in [6.07, 6.45) is 0.806. The summed E-state index contributed by atoms with van der Waals surface area (Å²) < 4.78 is 0. The topological polar surface area (TPSA) is 59.2 Å². The van der Waals surface area contributed by atoms with Gasteiger partial charge in [-0.2, -0.15) is 0 Å². The summed E-state index contributed by atoms with van der Waals surface area (Å²) >= 11 is 0. The smallest absolute Gasteiger partial charge is 0.255 e. The predicted molar refractivity (Wildman–Crippen MR) is 68.9 cm³/mol. The number of nitrogens with two attached hydrogens (primary N) is 1. The molecule has 94 valence electrons. The summed E-state index contributed by atoms with van der Waals surface area (Å²) in [5.74, 6) is 0.00986. The van der Waals surface area contributed by atoms with E-state index in [-0.39, 0.29) is 11.9 Å². The third-order valence-corrected chi connectivity index (χ3v) is 2.72. The van der Waals surface area contributed by atoms with Gasteiger partial charge in [-0.15, -0.1) is 0 Å². The number of nitrogens with zero attached hydrogens (tertiary/aromatic N) is 2. The van der Waals surface area contributed by atoms with E-state index in [9.17, 15) is 4.79 Å². The van der Waals surface area contributed by atoms with Crippen LogP contribution in [-0.4, -0.2) is 35.4 Å². The first-order valence-electron chi connectivity index (χ1n) is 5.87. The zero-order valence-electron chi connectivity index (χ0n) is 11.0. The van der Waals surface area contributed by atoms with Crippen molar-refractivity contribution in [1.29, 1.82) is 0 Å². The Kier molecular flexibility index (Phi) is 4.63. The average Bonchev–Trinajstić information content (AvgIpc) is 2.25. The van der Waals surface area contributed by atoms with Crippen LogP contribution in [0.2, 0.25) is 0 Å². The largest absolute Gasteiger partial charge is 0.342 e. The van der Waals surface area contributed by atoms with Gasteiger partial charge < -0.3 is 10.6 Å². The molecule has 1 aromatic heterocycles. The molecule has 2 N–H and O–H groups in total. The van der Waals surface area contributed by atoms with Crippen molar-refractivity contribution in [3.05, 3.63) is 29.1 Å². The normalized spacial score (nSPS) is 12.3. The van der Waals surface area contributed by atoms with Gasteiger partial charge in [-0.05, 0) is 39.3 Å². The molecular formula is C13H21N3O. The van der Waals surface area contributed by atoms with Gasteiger partial charge in [0.2, 0.25) is 0 Å². The maximum Gasteiger partial charge on any atom is 0.255 e. The SMILES string of the molecule is Cc1ccc(C(=O)N(C)CCC(C)N)c(C)n1. The van der Waals surface area contributed by atoms with Crippen molar-refractivity contribution in [2.45, 2.75) is 33.2 Å². The molecule has 0 aliphatic rings. The Hall–Kier alpha value is -1.42. The quantitative estimate of drug-likeness (QED) is 0.860. The zero-order chi connectivity index (χ0) is 13.0. The zero-order valence-corrected chi connectivity index (χ0v) is 11.0. The minimum absolute atomic E-state index is 0.00986. The number of amides is 1. The van der Waals surface area contributed by atoms with Crippen LogP contribution in [-0.2, 0) is 0 Å². The molecule has 0 aliphatic carbocycles. The van der Waals surface area contributed by atoms with Crippen LogP contribution in [0, 0.1) is 13.8 Å². The van der Waals surface area contributed by atoms with Crippen LogP contribution in [0.5, 0.6) is 0 Å². The van der Waals surface area contributed by atoms with Gasteiger partial charge in [-0.25, -0.2) is 0 Å². The molecule has 1 rings (SSSR count). The maximum absolute atomic E-state index is 12.1. The molecule has 0 aromatic carbocycles. The summed E-state index contributed by atoms with van der Waals surface area (Å²) in [6.45, 7) is 6.39. The van der Waals surface area contributed by atoms with E-state index in [1.165, 1.54) is 0 Å². The van der Waals surface area contributed by atoms with Gasteiger partial charge in [0, 0.05) is 25.3 Å². The fourth-order valence-electron chi connectivity index (χ4n) is 1.62. The standard InChI is InChI=1S/C13H21N3O/c1-9(14)7-8-16(4)13(17)12-6-5-10(2)15-11(12)3/h5-6,9H,7-8,14H2,1-4H3. The average molecular weight is 235 g/mol. The van der Waals surface area contributed by atoms with Crippen LogP contribution in [0.1, 0.15) is 35.1 Å². The molecule has 1 unspecified atom stereocenters. The number of pyridine rings is 1. The third-order valence-electron chi connectivity index (χ3n) is 2.72. The number of rotatable bonds is 4. The highest BCUT2D eigenvalue weighted by atomic mass is 16.2. The van der Waals surface area contributed by atoms with Crippen molar-refractivity contribution >= 4 is 5.91 Å². The van der Waals surface area contributed by atoms with Crippen LogP contribution in [0.25, 0.3) is 0 Å². The molecule has 1 heterocycles. The first-order chi connectivity index (χ1) is 7.91. The van der Waals surface area contributed by atoms with Crippen molar-refractivity contribution in [2.75, 3.05) is 13.6 Å². The van der Waals surface area contributed by atoms with Crippen LogP contribution >= 0.6 is 0 Å². The van der Waals surface area contributed by atoms with E-state index in [0.29, 0.717) is 12.1 Å². The molecule has 0 saturated heterocycles. The summed E-state index contributed by atoms with van der Waals surface area (Å²) in [7, 11) is 1.80. The van der Waals surface area contributed by atoms with Gasteiger partial charge in [0.1, 0.15) is 0 Å². The second-order valence-corrected chi connectivity index (χ2v) is 4.58. The van der Waals surface area contributed by atoms with Gasteiger partial charge in [0.05, 0.1) is 11.3 Å². The second-order valence-electron chi connectivity index (χ2n) is 4.58. The Morgan fingerprint density at radius 2 is 2.12 bits per heavy atom. The van der Waals surface area contributed by atoms with Gasteiger partial charge >= 0.3 is 0 Å². The second kappa shape index (κ2) is 5.77. The predicted octanol–water partition coefficient (Wildman–Crippen LogP) is 1.51. The van der Waals surface area contributed by atoms with E-state index < -0.39 is 0 Å². The molecule has 1 atom stereocenters. The molecule has 0 fully saturated rings. The lowest BCUT2D eigenvalue weighted by atomic mass is 10.1. The van der Waals surface area contributed by atoms with Crippen LogP contribution in [0.4, 0.5) is 0 Å². The number of aromatic nitrogens is 1. The van der Waals surface area contributed by atoms with Crippen molar-refractivity contribution in [1.82, 2.24) is 9.88 Å². The van der Waals surface area contributed by atoms with Gasteiger partial charge in [-0.3, -0.25) is 9.78 Å².